The van der Waals surface area contributed by atoms with Crippen molar-refractivity contribution in [2.45, 2.75) is 13.0 Å². The molecule has 0 amide bonds. The summed E-state index contributed by atoms with van der Waals surface area (Å²) in [6.45, 7) is 1.86. The second-order valence-corrected chi connectivity index (χ2v) is 1.95. The van der Waals surface area contributed by atoms with Crippen LogP contribution in [0.3, 0.4) is 0 Å². The zero-order valence-corrected chi connectivity index (χ0v) is 6.22. The lowest BCUT2D eigenvalue weighted by molar-refractivity contribution is 0.753. The Morgan fingerprint density at radius 2 is 2.70 bits per heavy atom. The maximum atomic E-state index is 4.42. The molecule has 4 nitrogen and oxygen atoms in total. The quantitative estimate of drug-likeness (QED) is 0.510. The first kappa shape index (κ1) is 7.05. The number of nitrogens with zero attached hydrogens (tertiary/aromatic N) is 3. The zero-order chi connectivity index (χ0) is 7.40. The molecule has 0 spiro atoms. The van der Waals surface area contributed by atoms with E-state index in [0.29, 0.717) is 5.82 Å². The van der Waals surface area contributed by atoms with Crippen LogP contribution in [0, 0.1) is 0 Å². The van der Waals surface area contributed by atoms with E-state index >= 15 is 0 Å². The van der Waals surface area contributed by atoms with Crippen LogP contribution < -0.4 is 0 Å². The minimum Gasteiger partial charge on any atom is -0.261 e. The monoisotopic (exact) mass is 154 g/mol. The fourth-order valence-corrected chi connectivity index (χ4v) is 0.715. The van der Waals surface area contributed by atoms with E-state index in [2.05, 4.69) is 37.6 Å². The van der Waals surface area contributed by atoms with E-state index in [1.54, 1.807) is 0 Å². The van der Waals surface area contributed by atoms with E-state index in [1.807, 2.05) is 6.92 Å². The van der Waals surface area contributed by atoms with Gasteiger partial charge in [-0.15, -0.1) is 0 Å². The molecule has 1 heterocycles. The van der Waals surface area contributed by atoms with Gasteiger partial charge < -0.3 is 0 Å². The molecule has 5 heteroatoms. The molecular weight excluding hydrogens is 148 g/mol. The smallest absolute Gasteiger partial charge is 0.149 e. The van der Waals surface area contributed by atoms with E-state index in [1.165, 1.54) is 6.33 Å². The Morgan fingerprint density at radius 1 is 1.90 bits per heavy atom. The number of aliphatic imine (C=N–C) groups is 1. The Balaban J connectivity index is 2.76. The van der Waals surface area contributed by atoms with Gasteiger partial charge in [-0.1, -0.05) is 0 Å². The first-order valence-electron chi connectivity index (χ1n) is 2.77. The van der Waals surface area contributed by atoms with E-state index < -0.39 is 0 Å². The van der Waals surface area contributed by atoms with E-state index in [0.717, 1.165) is 0 Å². The number of isothiocyanates is 1. The van der Waals surface area contributed by atoms with Gasteiger partial charge in [0.05, 0.1) is 5.16 Å². The molecule has 0 aliphatic heterocycles. The predicted octanol–water partition coefficient (Wildman–Crippen LogP) is 0.968. The van der Waals surface area contributed by atoms with Crippen LogP contribution in [0.15, 0.2) is 11.3 Å². The molecule has 1 aromatic heterocycles. The Hall–Kier alpha value is -1.06. The standard InChI is InChI=1S/C5H6N4S/c1-4(7-3-10)5-6-2-8-9-5/h2,4H,1H3,(H,6,8,9). The van der Waals surface area contributed by atoms with Crippen molar-refractivity contribution in [3.63, 3.8) is 0 Å². The maximum Gasteiger partial charge on any atom is 0.149 e. The van der Waals surface area contributed by atoms with Gasteiger partial charge in [0.1, 0.15) is 18.2 Å². The van der Waals surface area contributed by atoms with Gasteiger partial charge in [-0.3, -0.25) is 5.10 Å². The van der Waals surface area contributed by atoms with Crippen LogP contribution in [0.4, 0.5) is 0 Å². The SMILES string of the molecule is CC(N=C=S)c1ncn[nH]1. The second kappa shape index (κ2) is 3.20. The fraction of sp³-hybridized carbons (Fsp3) is 0.400. The van der Waals surface area contributed by atoms with Gasteiger partial charge >= 0.3 is 0 Å². The highest BCUT2D eigenvalue weighted by atomic mass is 32.1. The molecule has 0 radical (unpaired) electrons. The molecule has 0 saturated carbocycles. The first-order valence-corrected chi connectivity index (χ1v) is 3.17. The van der Waals surface area contributed by atoms with Crippen molar-refractivity contribution in [2.24, 2.45) is 4.99 Å². The molecule has 0 aliphatic carbocycles. The summed E-state index contributed by atoms with van der Waals surface area (Å²) in [5, 5.41) is 8.62. The Morgan fingerprint density at radius 3 is 3.20 bits per heavy atom. The lowest BCUT2D eigenvalue weighted by Gasteiger charge is -1.95. The molecule has 1 N–H and O–H groups in total. The lowest BCUT2D eigenvalue weighted by Crippen LogP contribution is -1.91. The molecule has 0 aliphatic rings. The van der Waals surface area contributed by atoms with Crippen molar-refractivity contribution in [3.8, 4) is 0 Å². The van der Waals surface area contributed by atoms with Gasteiger partial charge in [-0.25, -0.2) is 9.98 Å². The third kappa shape index (κ3) is 1.46. The van der Waals surface area contributed by atoms with Crippen molar-refractivity contribution in [1.82, 2.24) is 15.2 Å². The number of thiocarbonyl (C=S) groups is 1. The normalized spacial score (nSPS) is 12.1. The van der Waals surface area contributed by atoms with Crippen LogP contribution in [-0.4, -0.2) is 20.3 Å². The maximum absolute atomic E-state index is 4.42. The molecule has 52 valence electrons. The van der Waals surface area contributed by atoms with Crippen LogP contribution in [0.2, 0.25) is 0 Å². The summed E-state index contributed by atoms with van der Waals surface area (Å²) < 4.78 is 0. The summed E-state index contributed by atoms with van der Waals surface area (Å²) in [5.41, 5.74) is 0. The van der Waals surface area contributed by atoms with Gasteiger partial charge in [0.2, 0.25) is 0 Å². The van der Waals surface area contributed by atoms with E-state index in [9.17, 15) is 0 Å². The van der Waals surface area contributed by atoms with Crippen molar-refractivity contribution in [3.05, 3.63) is 12.2 Å². The van der Waals surface area contributed by atoms with Crippen LogP contribution in [0.5, 0.6) is 0 Å². The Bertz CT molecular complexity index is 236. The first-order chi connectivity index (χ1) is 4.84. The molecule has 1 rings (SSSR count). The largest absolute Gasteiger partial charge is 0.261 e. The number of rotatable bonds is 2. The number of aromatic amines is 1. The lowest BCUT2D eigenvalue weighted by atomic mass is 10.3. The van der Waals surface area contributed by atoms with Crippen LogP contribution >= 0.6 is 12.2 Å². The van der Waals surface area contributed by atoms with Gasteiger partial charge in [0.15, 0.2) is 0 Å². The summed E-state index contributed by atoms with van der Waals surface area (Å²) >= 11 is 4.42. The van der Waals surface area contributed by atoms with E-state index in [4.69, 9.17) is 0 Å². The molecule has 1 unspecified atom stereocenters. The molecule has 0 saturated heterocycles. The summed E-state index contributed by atoms with van der Waals surface area (Å²) in [6, 6.07) is -0.0694. The molecule has 0 bridgehead atoms. The predicted molar refractivity (Wildman–Crippen MR) is 39.8 cm³/mol. The van der Waals surface area contributed by atoms with Crippen molar-refractivity contribution >= 4 is 17.4 Å². The van der Waals surface area contributed by atoms with Crippen LogP contribution in [-0.2, 0) is 0 Å². The van der Waals surface area contributed by atoms with Crippen molar-refractivity contribution < 1.29 is 0 Å². The van der Waals surface area contributed by atoms with Gasteiger partial charge in [-0.2, -0.15) is 5.10 Å². The number of hydrogen-bond donors (Lipinski definition) is 1. The third-order valence-electron chi connectivity index (χ3n) is 1.08. The molecule has 1 atom stereocenters. The molecule has 1 aromatic rings. The van der Waals surface area contributed by atoms with Crippen LogP contribution in [0.1, 0.15) is 18.8 Å². The highest BCUT2D eigenvalue weighted by molar-refractivity contribution is 7.78. The van der Waals surface area contributed by atoms with Gasteiger partial charge in [-0.05, 0) is 19.1 Å². The number of hydrogen-bond acceptors (Lipinski definition) is 4. The highest BCUT2D eigenvalue weighted by Crippen LogP contribution is 2.07. The minimum atomic E-state index is -0.0694. The van der Waals surface area contributed by atoms with Gasteiger partial charge in [0.25, 0.3) is 0 Å². The Kier molecular flexibility index (Phi) is 2.25. The number of nitrogens with one attached hydrogen (secondary N) is 1. The van der Waals surface area contributed by atoms with Crippen LogP contribution in [0.25, 0.3) is 0 Å². The van der Waals surface area contributed by atoms with Crippen molar-refractivity contribution in [2.75, 3.05) is 0 Å². The summed E-state index contributed by atoms with van der Waals surface area (Å²) in [7, 11) is 0. The molecule has 0 fully saturated rings. The number of aromatic nitrogens is 3. The average Bonchev–Trinajstić information content (AvgIpc) is 2.38. The van der Waals surface area contributed by atoms with Crippen molar-refractivity contribution in [1.29, 1.82) is 0 Å². The minimum absolute atomic E-state index is 0.0694. The fourth-order valence-electron chi connectivity index (χ4n) is 0.556. The topological polar surface area (TPSA) is 53.9 Å². The summed E-state index contributed by atoms with van der Waals surface area (Å²) in [6.07, 6.45) is 1.44. The van der Waals surface area contributed by atoms with Gasteiger partial charge in [0, 0.05) is 0 Å². The van der Waals surface area contributed by atoms with E-state index in [-0.39, 0.29) is 6.04 Å². The molecule has 0 aromatic carbocycles. The highest BCUT2D eigenvalue weighted by Gasteiger charge is 2.03. The number of H-pyrrole nitrogens is 1. The summed E-state index contributed by atoms with van der Waals surface area (Å²) in [5.74, 6) is 0.706. The zero-order valence-electron chi connectivity index (χ0n) is 5.40. The molecular formula is C5H6N4S. The third-order valence-corrected chi connectivity index (χ3v) is 1.18. The molecule has 10 heavy (non-hydrogen) atoms. The second-order valence-electron chi connectivity index (χ2n) is 1.77. The summed E-state index contributed by atoms with van der Waals surface area (Å²) in [4.78, 5) is 7.69. The Labute approximate surface area is 63.4 Å². The average molecular weight is 154 g/mol.